The van der Waals surface area contributed by atoms with E-state index in [9.17, 15) is 14.0 Å². The van der Waals surface area contributed by atoms with Crippen LogP contribution in [0.2, 0.25) is 0 Å². The summed E-state index contributed by atoms with van der Waals surface area (Å²) in [6.07, 6.45) is 0.262. The summed E-state index contributed by atoms with van der Waals surface area (Å²) in [6.45, 7) is 8.10. The predicted octanol–water partition coefficient (Wildman–Crippen LogP) is 0.643. The van der Waals surface area contributed by atoms with Crippen LogP contribution >= 0.6 is 0 Å². The summed E-state index contributed by atoms with van der Waals surface area (Å²) in [6, 6.07) is 0.899. The quantitative estimate of drug-likeness (QED) is 0.377. The molecule has 2 heterocycles. The average molecular weight is 434 g/mol. The van der Waals surface area contributed by atoms with Crippen molar-refractivity contribution < 1.29 is 13.5 Å². The first-order valence-electron chi connectivity index (χ1n) is 10.1. The van der Waals surface area contributed by atoms with Gasteiger partial charge in [0.2, 0.25) is 6.54 Å². The van der Waals surface area contributed by atoms with E-state index in [1.54, 1.807) is 4.90 Å². The van der Waals surface area contributed by atoms with Crippen molar-refractivity contribution in [3.8, 4) is 5.75 Å². The van der Waals surface area contributed by atoms with Crippen molar-refractivity contribution in [2.24, 2.45) is 5.92 Å². The molecular weight excluding hydrogens is 410 g/mol. The van der Waals surface area contributed by atoms with Crippen LogP contribution in [-0.2, 0) is 0 Å². The number of aromatic nitrogens is 2. The fourth-order valence-corrected chi connectivity index (χ4v) is 4.23. The topological polar surface area (TPSA) is 98.9 Å². The lowest BCUT2D eigenvalue weighted by Crippen LogP contribution is -2.44. The van der Waals surface area contributed by atoms with E-state index in [-0.39, 0.29) is 41.5 Å². The van der Waals surface area contributed by atoms with E-state index in [1.807, 2.05) is 0 Å². The molecule has 0 spiro atoms. The SMILES string of the molecule is [C-]#[N+]CCNC[C@H]1CN(c2c(F)cc3c(=O)n(N)c(=O)n(C4CC4)c3c2OC)C[C@H]1F. The second-order valence-electron chi connectivity index (χ2n) is 7.96. The molecule has 1 saturated heterocycles. The Bertz CT molecular complexity index is 1170. The average Bonchev–Trinajstić information content (AvgIpc) is 3.52. The highest BCUT2D eigenvalue weighted by molar-refractivity contribution is 5.91. The zero-order valence-electron chi connectivity index (χ0n) is 17.1. The molecule has 1 aliphatic heterocycles. The van der Waals surface area contributed by atoms with Crippen LogP contribution in [0.15, 0.2) is 15.7 Å². The van der Waals surface area contributed by atoms with E-state index in [4.69, 9.17) is 17.2 Å². The van der Waals surface area contributed by atoms with Gasteiger partial charge in [0.1, 0.15) is 17.4 Å². The number of nitrogens with one attached hydrogen (secondary N) is 1. The molecule has 1 aliphatic carbocycles. The fourth-order valence-electron chi connectivity index (χ4n) is 4.23. The second kappa shape index (κ2) is 8.19. The molecule has 166 valence electrons. The molecule has 2 aromatic rings. The van der Waals surface area contributed by atoms with E-state index in [1.165, 1.54) is 11.7 Å². The van der Waals surface area contributed by atoms with Crippen molar-refractivity contribution >= 4 is 16.6 Å². The minimum Gasteiger partial charge on any atom is -0.492 e. The minimum absolute atomic E-state index is 0.0317. The monoisotopic (exact) mass is 434 g/mol. The maximum absolute atomic E-state index is 15.2. The Morgan fingerprint density at radius 3 is 2.74 bits per heavy atom. The number of nitrogens with zero attached hydrogens (tertiary/aromatic N) is 4. The molecule has 31 heavy (non-hydrogen) atoms. The summed E-state index contributed by atoms with van der Waals surface area (Å²) < 4.78 is 37.3. The van der Waals surface area contributed by atoms with Crippen molar-refractivity contribution in [2.45, 2.75) is 25.1 Å². The minimum atomic E-state index is -1.21. The first-order chi connectivity index (χ1) is 14.9. The highest BCUT2D eigenvalue weighted by Gasteiger charge is 2.37. The zero-order valence-corrected chi connectivity index (χ0v) is 17.1. The molecule has 2 aliphatic rings. The molecule has 1 aromatic heterocycles. The Morgan fingerprint density at radius 2 is 2.10 bits per heavy atom. The number of halogens is 2. The molecule has 1 saturated carbocycles. The lowest BCUT2D eigenvalue weighted by molar-refractivity contribution is 0.278. The Morgan fingerprint density at radius 1 is 1.35 bits per heavy atom. The van der Waals surface area contributed by atoms with Gasteiger partial charge in [0.25, 0.3) is 5.56 Å². The third-order valence-corrected chi connectivity index (χ3v) is 5.89. The van der Waals surface area contributed by atoms with E-state index in [0.717, 1.165) is 18.9 Å². The van der Waals surface area contributed by atoms with Crippen LogP contribution in [0.1, 0.15) is 18.9 Å². The Kier molecular flexibility index (Phi) is 5.58. The Balaban J connectivity index is 1.79. The molecule has 3 N–H and O–H groups in total. The van der Waals surface area contributed by atoms with E-state index in [0.29, 0.717) is 24.3 Å². The van der Waals surface area contributed by atoms with Gasteiger partial charge in [-0.2, -0.15) is 4.68 Å². The number of alkyl halides is 1. The first kappa shape index (κ1) is 21.1. The lowest BCUT2D eigenvalue weighted by Gasteiger charge is -2.24. The highest BCUT2D eigenvalue weighted by atomic mass is 19.1. The van der Waals surface area contributed by atoms with Gasteiger partial charge in [0.15, 0.2) is 11.6 Å². The van der Waals surface area contributed by atoms with Crippen LogP contribution in [0.4, 0.5) is 14.5 Å². The standard InChI is InChI=1S/C20H24F2N6O3/c1-24-5-6-25-8-11-9-26(10-15(11)22)17-14(21)7-13-16(18(17)31-2)27(12-3-4-12)20(30)28(23)19(13)29/h7,11-12,15,25H,3-6,8-10,23H2,2H3/t11-,15+/m0/s1. The van der Waals surface area contributed by atoms with Crippen LogP contribution in [0, 0.1) is 18.3 Å². The molecule has 0 bridgehead atoms. The summed E-state index contributed by atoms with van der Waals surface area (Å²) >= 11 is 0. The lowest BCUT2D eigenvalue weighted by atomic mass is 10.1. The number of rotatable bonds is 7. The van der Waals surface area contributed by atoms with Crippen LogP contribution in [0.25, 0.3) is 15.7 Å². The molecule has 2 atom stereocenters. The number of nitrogen functional groups attached to an aromatic ring is 1. The highest BCUT2D eigenvalue weighted by Crippen LogP contribution is 2.43. The number of nitrogens with two attached hydrogens (primary N) is 1. The maximum atomic E-state index is 15.2. The number of anilines is 1. The number of ether oxygens (including phenoxy) is 1. The number of hydrogen-bond acceptors (Lipinski definition) is 6. The molecule has 0 amide bonds. The smallest absolute Gasteiger partial charge is 0.350 e. The van der Waals surface area contributed by atoms with Crippen LogP contribution in [0.5, 0.6) is 5.75 Å². The van der Waals surface area contributed by atoms with Crippen LogP contribution in [0.3, 0.4) is 0 Å². The van der Waals surface area contributed by atoms with E-state index < -0.39 is 29.2 Å². The van der Waals surface area contributed by atoms with Gasteiger partial charge < -0.3 is 25.6 Å². The van der Waals surface area contributed by atoms with Gasteiger partial charge >= 0.3 is 5.69 Å². The predicted molar refractivity (Wildman–Crippen MR) is 112 cm³/mol. The molecule has 0 radical (unpaired) electrons. The summed E-state index contributed by atoms with van der Waals surface area (Å²) in [5.41, 5.74) is -1.29. The molecule has 11 heteroatoms. The summed E-state index contributed by atoms with van der Waals surface area (Å²) in [5, 5.41) is 2.99. The summed E-state index contributed by atoms with van der Waals surface area (Å²) in [5.74, 6) is 4.54. The number of methoxy groups -OCH3 is 1. The number of fused-ring (bicyclic) bond motifs is 1. The fraction of sp³-hybridized carbons (Fsp3) is 0.550. The maximum Gasteiger partial charge on any atom is 0.350 e. The molecule has 0 unspecified atom stereocenters. The third kappa shape index (κ3) is 3.61. The van der Waals surface area contributed by atoms with Crippen molar-refractivity contribution in [1.29, 1.82) is 0 Å². The zero-order chi connectivity index (χ0) is 22.3. The van der Waals surface area contributed by atoms with Gasteiger partial charge in [0.05, 0.1) is 19.0 Å². The van der Waals surface area contributed by atoms with Crippen molar-refractivity contribution in [3.05, 3.63) is 44.1 Å². The first-order valence-corrected chi connectivity index (χ1v) is 10.1. The van der Waals surface area contributed by atoms with Crippen molar-refractivity contribution in [1.82, 2.24) is 14.6 Å². The molecule has 1 aromatic carbocycles. The molecule has 4 rings (SSSR count). The Labute approximate surface area is 176 Å². The largest absolute Gasteiger partial charge is 0.492 e. The van der Waals surface area contributed by atoms with Crippen LogP contribution < -0.4 is 32.0 Å². The number of benzene rings is 1. The third-order valence-electron chi connectivity index (χ3n) is 5.89. The van der Waals surface area contributed by atoms with E-state index >= 15 is 4.39 Å². The molecule has 9 nitrogen and oxygen atoms in total. The van der Waals surface area contributed by atoms with Crippen molar-refractivity contribution in [2.75, 3.05) is 50.6 Å². The van der Waals surface area contributed by atoms with Gasteiger partial charge in [-0.25, -0.2) is 20.1 Å². The molecular formula is C20H24F2N6O3. The van der Waals surface area contributed by atoms with Crippen molar-refractivity contribution in [3.63, 3.8) is 0 Å². The summed E-state index contributed by atoms with van der Waals surface area (Å²) in [4.78, 5) is 30.1. The Hall–Kier alpha value is -3.13. The second-order valence-corrected chi connectivity index (χ2v) is 7.96. The molecule has 2 fully saturated rings. The summed E-state index contributed by atoms with van der Waals surface area (Å²) in [7, 11) is 1.33. The van der Waals surface area contributed by atoms with Gasteiger partial charge in [-0.3, -0.25) is 9.36 Å². The number of hydrogen-bond donors (Lipinski definition) is 2. The van der Waals surface area contributed by atoms with Gasteiger partial charge in [0, 0.05) is 31.6 Å². The van der Waals surface area contributed by atoms with E-state index in [2.05, 4.69) is 10.2 Å². The van der Waals surface area contributed by atoms with Crippen LogP contribution in [-0.4, -0.2) is 55.2 Å². The normalized spacial score (nSPS) is 20.9. The van der Waals surface area contributed by atoms with Gasteiger partial charge in [-0.1, -0.05) is 0 Å². The van der Waals surface area contributed by atoms with Gasteiger partial charge in [-0.15, -0.1) is 0 Å². The van der Waals surface area contributed by atoms with Gasteiger partial charge in [-0.05, 0) is 18.9 Å².